The number of aromatic carboxylic acids is 1. The van der Waals surface area contributed by atoms with E-state index in [-0.39, 0.29) is 23.8 Å². The van der Waals surface area contributed by atoms with Gasteiger partial charge in [0.25, 0.3) is 0 Å². The molecule has 1 aromatic heterocycles. The maximum Gasteiger partial charge on any atom is 0.355 e. The molecule has 3 unspecified atom stereocenters. The number of ether oxygens (including phenoxy) is 1. The Kier molecular flexibility index (Phi) is 4.54. The molecule has 2 heterocycles. The number of rotatable bonds is 4. The van der Waals surface area contributed by atoms with Gasteiger partial charge in [-0.3, -0.25) is 4.90 Å². The second-order valence-electron chi connectivity index (χ2n) is 5.25. The third kappa shape index (κ3) is 3.75. The molecule has 1 aliphatic heterocycles. The molecule has 2 rings (SSSR count). The smallest absolute Gasteiger partial charge is 0.355 e. The Morgan fingerprint density at radius 2 is 2.21 bits per heavy atom. The summed E-state index contributed by atoms with van der Waals surface area (Å²) in [6.07, 6.45) is 0.503. The minimum absolute atomic E-state index is 0.149. The summed E-state index contributed by atoms with van der Waals surface area (Å²) < 4.78 is 5.71. The molecular weight excluding hydrogens is 264 g/mol. The second-order valence-corrected chi connectivity index (χ2v) is 6.14. The summed E-state index contributed by atoms with van der Waals surface area (Å²) in [5, 5.41) is 11.4. The molecule has 19 heavy (non-hydrogen) atoms. The summed E-state index contributed by atoms with van der Waals surface area (Å²) in [5.74, 6) is -0.709. The summed E-state index contributed by atoms with van der Waals surface area (Å²) in [6, 6.07) is 0. The molecule has 0 amide bonds. The Bertz CT molecular complexity index is 439. The molecule has 0 radical (unpaired) electrons. The minimum Gasteiger partial charge on any atom is -0.476 e. The van der Waals surface area contributed by atoms with Crippen LogP contribution in [0.15, 0.2) is 5.38 Å². The summed E-state index contributed by atoms with van der Waals surface area (Å²) in [6.45, 7) is 9.00. The quantitative estimate of drug-likeness (QED) is 0.917. The predicted molar refractivity (Wildman–Crippen MR) is 73.9 cm³/mol. The molecular formula is C13H20N2O3S. The van der Waals surface area contributed by atoms with Crippen molar-refractivity contribution in [2.24, 2.45) is 0 Å². The number of thiazole rings is 1. The van der Waals surface area contributed by atoms with Gasteiger partial charge in [0.2, 0.25) is 0 Å². The van der Waals surface area contributed by atoms with Crippen molar-refractivity contribution in [2.45, 2.75) is 38.9 Å². The summed E-state index contributed by atoms with van der Waals surface area (Å²) >= 11 is 1.43. The molecule has 106 valence electrons. The Balaban J connectivity index is 1.96. The molecule has 0 saturated carbocycles. The maximum absolute atomic E-state index is 10.8. The standard InChI is InChI=1S/C13H20N2O3S/c1-8(12-14-11(7-19-12)13(16)17)4-15-5-9(2)18-10(3)6-15/h7-10H,4-6H2,1-3H3,(H,16,17). The molecule has 3 atom stereocenters. The number of morpholine rings is 1. The van der Waals surface area contributed by atoms with E-state index in [1.54, 1.807) is 5.38 Å². The first kappa shape index (κ1) is 14.4. The van der Waals surface area contributed by atoms with E-state index in [2.05, 4.69) is 30.7 Å². The van der Waals surface area contributed by atoms with Gasteiger partial charge in [-0.1, -0.05) is 6.92 Å². The average molecular weight is 284 g/mol. The fourth-order valence-corrected chi connectivity index (χ4v) is 3.35. The average Bonchev–Trinajstić information content (AvgIpc) is 2.76. The fourth-order valence-electron chi connectivity index (χ4n) is 2.51. The highest BCUT2D eigenvalue weighted by Crippen LogP contribution is 2.22. The number of carbonyl (C=O) groups is 1. The zero-order valence-electron chi connectivity index (χ0n) is 11.5. The first-order valence-corrected chi connectivity index (χ1v) is 7.40. The number of aromatic nitrogens is 1. The molecule has 0 bridgehead atoms. The van der Waals surface area contributed by atoms with E-state index >= 15 is 0 Å². The number of carboxylic acid groups (broad SMARTS) is 1. The zero-order chi connectivity index (χ0) is 14.0. The van der Waals surface area contributed by atoms with E-state index in [4.69, 9.17) is 9.84 Å². The van der Waals surface area contributed by atoms with Gasteiger partial charge in [-0.05, 0) is 13.8 Å². The van der Waals surface area contributed by atoms with Crippen molar-refractivity contribution in [2.75, 3.05) is 19.6 Å². The normalized spacial score (nSPS) is 26.3. The van der Waals surface area contributed by atoms with Crippen LogP contribution in [0.2, 0.25) is 0 Å². The summed E-state index contributed by atoms with van der Waals surface area (Å²) in [7, 11) is 0. The van der Waals surface area contributed by atoms with E-state index in [0.717, 1.165) is 24.6 Å². The maximum atomic E-state index is 10.8. The molecule has 5 nitrogen and oxygen atoms in total. The topological polar surface area (TPSA) is 62.7 Å². The largest absolute Gasteiger partial charge is 0.476 e. The molecule has 0 spiro atoms. The lowest BCUT2D eigenvalue weighted by Crippen LogP contribution is -2.46. The van der Waals surface area contributed by atoms with Crippen LogP contribution in [0, 0.1) is 0 Å². The highest BCUT2D eigenvalue weighted by molar-refractivity contribution is 7.09. The Morgan fingerprint density at radius 3 is 2.74 bits per heavy atom. The zero-order valence-corrected chi connectivity index (χ0v) is 12.3. The number of hydrogen-bond donors (Lipinski definition) is 1. The van der Waals surface area contributed by atoms with Gasteiger partial charge in [-0.15, -0.1) is 11.3 Å². The van der Waals surface area contributed by atoms with Gasteiger partial charge < -0.3 is 9.84 Å². The summed E-state index contributed by atoms with van der Waals surface area (Å²) in [5.41, 5.74) is 0.149. The molecule has 6 heteroatoms. The van der Waals surface area contributed by atoms with Crippen LogP contribution in [0.1, 0.15) is 42.2 Å². The van der Waals surface area contributed by atoms with Crippen molar-refractivity contribution in [1.29, 1.82) is 0 Å². The number of nitrogens with zero attached hydrogens (tertiary/aromatic N) is 2. The molecule has 0 aliphatic carbocycles. The van der Waals surface area contributed by atoms with Gasteiger partial charge in [0, 0.05) is 30.9 Å². The van der Waals surface area contributed by atoms with Crippen molar-refractivity contribution in [1.82, 2.24) is 9.88 Å². The molecule has 1 saturated heterocycles. The highest BCUT2D eigenvalue weighted by Gasteiger charge is 2.24. The van der Waals surface area contributed by atoms with Gasteiger partial charge in [-0.2, -0.15) is 0 Å². The Labute approximate surface area is 117 Å². The van der Waals surface area contributed by atoms with Crippen molar-refractivity contribution in [3.63, 3.8) is 0 Å². The lowest BCUT2D eigenvalue weighted by Gasteiger charge is -2.36. The third-order valence-electron chi connectivity index (χ3n) is 3.19. The van der Waals surface area contributed by atoms with E-state index in [9.17, 15) is 4.79 Å². The van der Waals surface area contributed by atoms with Gasteiger partial charge in [-0.25, -0.2) is 9.78 Å². The monoisotopic (exact) mass is 284 g/mol. The van der Waals surface area contributed by atoms with E-state index in [0.29, 0.717) is 0 Å². The lowest BCUT2D eigenvalue weighted by atomic mass is 10.1. The van der Waals surface area contributed by atoms with Crippen LogP contribution in [-0.2, 0) is 4.74 Å². The fraction of sp³-hybridized carbons (Fsp3) is 0.692. The van der Waals surface area contributed by atoms with Gasteiger partial charge >= 0.3 is 5.97 Å². The number of carboxylic acids is 1. The van der Waals surface area contributed by atoms with Crippen LogP contribution < -0.4 is 0 Å². The molecule has 1 aliphatic rings. The minimum atomic E-state index is -0.955. The van der Waals surface area contributed by atoms with Crippen LogP contribution in [0.5, 0.6) is 0 Å². The molecule has 0 aromatic carbocycles. The van der Waals surface area contributed by atoms with E-state index in [1.807, 2.05) is 0 Å². The predicted octanol–water partition coefficient (Wildman–Crippen LogP) is 2.05. The van der Waals surface area contributed by atoms with E-state index < -0.39 is 5.97 Å². The highest BCUT2D eigenvalue weighted by atomic mass is 32.1. The molecule has 1 aromatic rings. The van der Waals surface area contributed by atoms with Gasteiger partial charge in [0.05, 0.1) is 17.2 Å². The van der Waals surface area contributed by atoms with Gasteiger partial charge in [0.15, 0.2) is 5.69 Å². The number of hydrogen-bond acceptors (Lipinski definition) is 5. The van der Waals surface area contributed by atoms with Crippen molar-refractivity contribution in [3.8, 4) is 0 Å². The first-order valence-electron chi connectivity index (χ1n) is 6.52. The third-order valence-corrected chi connectivity index (χ3v) is 4.27. The molecule has 1 N–H and O–H groups in total. The van der Waals surface area contributed by atoms with Crippen LogP contribution in [0.4, 0.5) is 0 Å². The van der Waals surface area contributed by atoms with Crippen molar-refractivity contribution >= 4 is 17.3 Å². The second kappa shape index (κ2) is 5.98. The Hall–Kier alpha value is -0.980. The van der Waals surface area contributed by atoms with Crippen LogP contribution in [-0.4, -0.2) is 52.8 Å². The molecule has 1 fully saturated rings. The lowest BCUT2D eigenvalue weighted by molar-refractivity contribution is -0.0689. The van der Waals surface area contributed by atoms with Gasteiger partial charge in [0.1, 0.15) is 0 Å². The van der Waals surface area contributed by atoms with Crippen LogP contribution in [0.25, 0.3) is 0 Å². The summed E-state index contributed by atoms with van der Waals surface area (Å²) in [4.78, 5) is 17.4. The SMILES string of the molecule is CC1CN(CC(C)c2nc(C(=O)O)cs2)CC(C)O1. The van der Waals surface area contributed by atoms with Crippen LogP contribution >= 0.6 is 11.3 Å². The first-order chi connectivity index (χ1) is 8.95. The van der Waals surface area contributed by atoms with Crippen molar-refractivity contribution < 1.29 is 14.6 Å². The van der Waals surface area contributed by atoms with E-state index in [1.165, 1.54) is 11.3 Å². The Morgan fingerprint density at radius 1 is 1.58 bits per heavy atom. The van der Waals surface area contributed by atoms with Crippen LogP contribution in [0.3, 0.4) is 0 Å². The van der Waals surface area contributed by atoms with Crippen molar-refractivity contribution in [3.05, 3.63) is 16.1 Å².